The predicted molar refractivity (Wildman–Crippen MR) is 93.6 cm³/mol. The van der Waals surface area contributed by atoms with Crippen LogP contribution >= 0.6 is 0 Å². The molecule has 3 rings (SSSR count). The van der Waals surface area contributed by atoms with Crippen LogP contribution < -0.4 is 10.6 Å². The van der Waals surface area contributed by atoms with Crippen LogP contribution in [0.15, 0.2) is 12.7 Å². The zero-order valence-corrected chi connectivity index (χ0v) is 15.1. The molecule has 2 aromatic rings. The van der Waals surface area contributed by atoms with Crippen LogP contribution in [-0.4, -0.2) is 94.1 Å². The summed E-state index contributed by atoms with van der Waals surface area (Å²) in [5, 5.41) is 52.2. The Morgan fingerprint density at radius 1 is 1.28 bits per heavy atom. The van der Waals surface area contributed by atoms with Gasteiger partial charge >= 0.3 is 12.0 Å². The molecular formula is C15H20N6O8. The lowest BCUT2D eigenvalue weighted by atomic mass is 10.1. The lowest BCUT2D eigenvalue weighted by molar-refractivity contribution is -0.141. The number of fused-ring (bicyclic) bond motifs is 1. The quantitative estimate of drug-likeness (QED) is 0.261. The van der Waals surface area contributed by atoms with Gasteiger partial charge in [-0.2, -0.15) is 0 Å². The normalized spacial score (nSPS) is 26.2. The molecule has 3 heterocycles. The first-order valence-corrected chi connectivity index (χ1v) is 8.53. The van der Waals surface area contributed by atoms with Crippen LogP contribution in [0.5, 0.6) is 0 Å². The molecule has 29 heavy (non-hydrogen) atoms. The first-order chi connectivity index (χ1) is 13.7. The number of aliphatic carboxylic acids is 1. The second-order valence-electron chi connectivity index (χ2n) is 6.43. The van der Waals surface area contributed by atoms with Crippen molar-refractivity contribution in [2.75, 3.05) is 11.9 Å². The molecular weight excluding hydrogens is 392 g/mol. The molecule has 0 radical (unpaired) electrons. The summed E-state index contributed by atoms with van der Waals surface area (Å²) in [4.78, 5) is 35.2. The van der Waals surface area contributed by atoms with Crippen molar-refractivity contribution in [1.82, 2.24) is 24.8 Å². The molecule has 7 N–H and O–H groups in total. The zero-order valence-electron chi connectivity index (χ0n) is 15.1. The number of carbonyl (C=O) groups excluding carboxylic acids is 1. The fraction of sp³-hybridized carbons (Fsp3) is 0.533. The number of aliphatic hydroxyl groups excluding tert-OH is 4. The lowest BCUT2D eigenvalue weighted by Crippen LogP contribution is -2.49. The van der Waals surface area contributed by atoms with E-state index in [-0.39, 0.29) is 17.0 Å². The highest BCUT2D eigenvalue weighted by molar-refractivity contribution is 5.97. The minimum absolute atomic E-state index is 0.0623. The van der Waals surface area contributed by atoms with E-state index in [1.54, 1.807) is 0 Å². The predicted octanol–water partition coefficient (Wildman–Crippen LogP) is -2.61. The summed E-state index contributed by atoms with van der Waals surface area (Å²) >= 11 is 0. The van der Waals surface area contributed by atoms with E-state index in [0.717, 1.165) is 6.33 Å². The van der Waals surface area contributed by atoms with Gasteiger partial charge in [0.1, 0.15) is 24.6 Å². The number of hydrogen-bond acceptors (Lipinski definition) is 10. The Morgan fingerprint density at radius 3 is 2.59 bits per heavy atom. The van der Waals surface area contributed by atoms with Gasteiger partial charge in [-0.15, -0.1) is 0 Å². The number of aliphatic hydroxyl groups is 4. The summed E-state index contributed by atoms with van der Waals surface area (Å²) < 4.78 is 6.74. The Kier molecular flexibility index (Phi) is 5.90. The average Bonchev–Trinajstić information content (AvgIpc) is 3.21. The Labute approximate surface area is 162 Å². The molecule has 158 valence electrons. The molecule has 0 aromatic carbocycles. The number of carboxylic acids is 1. The Bertz CT molecular complexity index is 904. The molecule has 1 saturated heterocycles. The highest BCUT2D eigenvalue weighted by atomic mass is 16.6. The SMILES string of the molecule is CC(O)C(NC(=O)Nc1ncnc2c1ncn2[C@@H]1O[C@H](CO)[C@H](O)C1O)C(=O)O. The van der Waals surface area contributed by atoms with E-state index in [9.17, 15) is 30.0 Å². The molecule has 0 aliphatic carbocycles. The van der Waals surface area contributed by atoms with Gasteiger partial charge < -0.3 is 35.6 Å². The van der Waals surface area contributed by atoms with Crippen molar-refractivity contribution in [1.29, 1.82) is 0 Å². The molecule has 14 heteroatoms. The molecule has 6 atom stereocenters. The molecule has 1 fully saturated rings. The van der Waals surface area contributed by atoms with E-state index >= 15 is 0 Å². The number of carboxylic acid groups (broad SMARTS) is 1. The Balaban J connectivity index is 1.83. The van der Waals surface area contributed by atoms with E-state index < -0.39 is 55.3 Å². The van der Waals surface area contributed by atoms with E-state index in [1.807, 2.05) is 0 Å². The van der Waals surface area contributed by atoms with Crippen molar-refractivity contribution >= 4 is 29.0 Å². The lowest BCUT2D eigenvalue weighted by Gasteiger charge is -2.17. The van der Waals surface area contributed by atoms with E-state index in [1.165, 1.54) is 17.8 Å². The highest BCUT2D eigenvalue weighted by Crippen LogP contribution is 2.32. The molecule has 0 saturated carbocycles. The molecule has 1 aliphatic heterocycles. The Morgan fingerprint density at radius 2 is 2.00 bits per heavy atom. The van der Waals surface area contributed by atoms with Crippen molar-refractivity contribution in [3.8, 4) is 0 Å². The number of imidazole rings is 1. The van der Waals surface area contributed by atoms with Gasteiger partial charge in [0, 0.05) is 0 Å². The number of anilines is 1. The van der Waals surface area contributed by atoms with Crippen LogP contribution in [0.3, 0.4) is 0 Å². The van der Waals surface area contributed by atoms with Crippen molar-refractivity contribution in [3.63, 3.8) is 0 Å². The third-order valence-electron chi connectivity index (χ3n) is 4.42. The van der Waals surface area contributed by atoms with Gasteiger partial charge in [-0.25, -0.2) is 24.5 Å². The van der Waals surface area contributed by atoms with Crippen molar-refractivity contribution in [2.24, 2.45) is 0 Å². The fourth-order valence-electron chi connectivity index (χ4n) is 2.91. The molecule has 3 unspecified atom stereocenters. The Hall–Kier alpha value is -2.91. The zero-order chi connectivity index (χ0) is 21.3. The van der Waals surface area contributed by atoms with Gasteiger partial charge in [0.2, 0.25) is 0 Å². The smallest absolute Gasteiger partial charge is 0.328 e. The number of rotatable bonds is 6. The first kappa shape index (κ1) is 20.8. The summed E-state index contributed by atoms with van der Waals surface area (Å²) in [7, 11) is 0. The summed E-state index contributed by atoms with van der Waals surface area (Å²) in [6.07, 6.45) is -3.75. The number of nitrogens with zero attached hydrogens (tertiary/aromatic N) is 4. The van der Waals surface area contributed by atoms with Crippen molar-refractivity contribution < 1.29 is 39.9 Å². The van der Waals surface area contributed by atoms with Gasteiger partial charge in [0.25, 0.3) is 0 Å². The third-order valence-corrected chi connectivity index (χ3v) is 4.42. The van der Waals surface area contributed by atoms with Crippen molar-refractivity contribution in [2.45, 2.75) is 43.6 Å². The number of ether oxygens (including phenoxy) is 1. The number of nitrogens with one attached hydrogen (secondary N) is 2. The van der Waals surface area contributed by atoms with Crippen molar-refractivity contribution in [3.05, 3.63) is 12.7 Å². The minimum atomic E-state index is -1.54. The van der Waals surface area contributed by atoms with Crippen LogP contribution in [-0.2, 0) is 9.53 Å². The van der Waals surface area contributed by atoms with E-state index in [4.69, 9.17) is 9.84 Å². The monoisotopic (exact) mass is 412 g/mol. The third kappa shape index (κ3) is 3.96. The summed E-state index contributed by atoms with van der Waals surface area (Å²) in [6.45, 7) is 0.710. The second kappa shape index (κ2) is 8.22. The number of carbonyl (C=O) groups is 2. The van der Waals surface area contributed by atoms with E-state index in [2.05, 4.69) is 25.6 Å². The number of hydrogen-bond donors (Lipinski definition) is 7. The second-order valence-corrected chi connectivity index (χ2v) is 6.43. The maximum atomic E-state index is 12.1. The topological polar surface area (TPSA) is 212 Å². The standard InChI is InChI=1S/C15H20N6O8/c1-5(23)7(14(26)27)19-15(28)20-11-8-12(17-3-16-11)21(4-18-8)13-10(25)9(24)6(2-22)29-13/h3-7,9-10,13,22-25H,2H2,1H3,(H,26,27)(H2,16,17,19,20,28)/t5?,6-,7?,9+,10?,13-/m1/s1. The molecule has 1 aliphatic rings. The molecule has 0 spiro atoms. The van der Waals surface area contributed by atoms with Gasteiger partial charge in [0.05, 0.1) is 19.0 Å². The molecule has 2 aromatic heterocycles. The number of aromatic nitrogens is 4. The van der Waals surface area contributed by atoms with Crippen LogP contribution in [0.25, 0.3) is 11.2 Å². The van der Waals surface area contributed by atoms with Gasteiger partial charge in [-0.1, -0.05) is 0 Å². The number of urea groups is 1. The molecule has 2 amide bonds. The van der Waals surface area contributed by atoms with Crippen LogP contribution in [0, 0.1) is 0 Å². The maximum absolute atomic E-state index is 12.1. The summed E-state index contributed by atoms with van der Waals surface area (Å²) in [6, 6.07) is -2.48. The maximum Gasteiger partial charge on any atom is 0.328 e. The molecule has 14 nitrogen and oxygen atoms in total. The highest BCUT2D eigenvalue weighted by Gasteiger charge is 2.44. The van der Waals surface area contributed by atoms with Crippen LogP contribution in [0.1, 0.15) is 13.2 Å². The fourth-order valence-corrected chi connectivity index (χ4v) is 2.91. The average molecular weight is 412 g/mol. The van der Waals surface area contributed by atoms with E-state index in [0.29, 0.717) is 0 Å². The number of amides is 2. The minimum Gasteiger partial charge on any atom is -0.480 e. The largest absolute Gasteiger partial charge is 0.480 e. The van der Waals surface area contributed by atoms with Gasteiger partial charge in [-0.3, -0.25) is 9.88 Å². The summed E-state index contributed by atoms with van der Waals surface area (Å²) in [5.41, 5.74) is 0.250. The summed E-state index contributed by atoms with van der Waals surface area (Å²) in [5.74, 6) is -1.48. The van der Waals surface area contributed by atoms with Crippen LogP contribution in [0.2, 0.25) is 0 Å². The van der Waals surface area contributed by atoms with Gasteiger partial charge in [0.15, 0.2) is 29.3 Å². The van der Waals surface area contributed by atoms with Gasteiger partial charge in [-0.05, 0) is 6.92 Å². The molecule has 0 bridgehead atoms. The van der Waals surface area contributed by atoms with Crippen LogP contribution in [0.4, 0.5) is 10.6 Å². The first-order valence-electron chi connectivity index (χ1n) is 8.53.